The van der Waals surface area contributed by atoms with Crippen LogP contribution >= 0.6 is 0 Å². The van der Waals surface area contributed by atoms with Crippen LogP contribution in [-0.2, 0) is 17.7 Å². The number of pyridine rings is 1. The number of nitrogens with one attached hydrogen (secondary N) is 1. The van der Waals surface area contributed by atoms with Crippen LogP contribution in [0.3, 0.4) is 0 Å². The van der Waals surface area contributed by atoms with Crippen LogP contribution in [0, 0.1) is 13.8 Å². The molecule has 2 heterocycles. The molecule has 1 aromatic carbocycles. The molecule has 0 aliphatic heterocycles. The number of hydrogen-bond donors (Lipinski definition) is 2. The van der Waals surface area contributed by atoms with E-state index in [0.717, 1.165) is 16.9 Å². The van der Waals surface area contributed by atoms with E-state index in [-0.39, 0.29) is 0 Å². The number of anilines is 1. The van der Waals surface area contributed by atoms with Crippen LogP contribution in [0.2, 0.25) is 0 Å². The third-order valence-corrected chi connectivity index (χ3v) is 4.19. The summed E-state index contributed by atoms with van der Waals surface area (Å²) in [7, 11) is 0. The first kappa shape index (κ1) is 14.5. The summed E-state index contributed by atoms with van der Waals surface area (Å²) >= 11 is 0.431. The van der Waals surface area contributed by atoms with Crippen molar-refractivity contribution < 1.29 is 4.21 Å². The first-order valence-electron chi connectivity index (χ1n) is 6.91. The second-order valence-electron chi connectivity index (χ2n) is 5.27. The lowest BCUT2D eigenvalue weighted by Gasteiger charge is -2.01. The van der Waals surface area contributed by atoms with E-state index in [4.69, 9.17) is 5.73 Å². The van der Waals surface area contributed by atoms with E-state index in [9.17, 15) is 4.21 Å². The number of aromatic nitrogens is 3. The monoisotopic (exact) mass is 312 g/mol. The number of fused-ring (bicyclic) bond motifs is 1. The molecule has 0 aliphatic carbocycles. The van der Waals surface area contributed by atoms with Gasteiger partial charge in [0, 0.05) is 6.42 Å². The molecule has 0 spiro atoms. The first-order chi connectivity index (χ1) is 10.6. The van der Waals surface area contributed by atoms with E-state index in [2.05, 4.69) is 34.9 Å². The van der Waals surface area contributed by atoms with Gasteiger partial charge < -0.3 is 10.7 Å². The number of hydrogen-bond acceptors (Lipinski definition) is 4. The largest absolute Gasteiger partial charge is 0.384 e. The van der Waals surface area contributed by atoms with Crippen molar-refractivity contribution in [1.29, 1.82) is 0 Å². The summed E-state index contributed by atoms with van der Waals surface area (Å²) in [6.45, 7) is 4.13. The van der Waals surface area contributed by atoms with Gasteiger partial charge in [-0.15, -0.1) is 0 Å². The lowest BCUT2D eigenvalue weighted by Crippen LogP contribution is -2.09. The number of rotatable bonds is 3. The highest BCUT2D eigenvalue weighted by Gasteiger charge is 2.11. The van der Waals surface area contributed by atoms with Crippen LogP contribution in [0.25, 0.3) is 11.0 Å². The van der Waals surface area contributed by atoms with Crippen LogP contribution < -0.4 is 5.73 Å². The zero-order chi connectivity index (χ0) is 15.7. The van der Waals surface area contributed by atoms with Crippen LogP contribution in [0.4, 0.5) is 5.82 Å². The summed E-state index contributed by atoms with van der Waals surface area (Å²) in [6, 6.07) is 9.40. The van der Waals surface area contributed by atoms with Gasteiger partial charge in [0.05, 0.1) is 32.8 Å². The van der Waals surface area contributed by atoms with Crippen molar-refractivity contribution in [1.82, 2.24) is 15.0 Å². The summed E-state index contributed by atoms with van der Waals surface area (Å²) in [5.41, 5.74) is 10.6. The van der Waals surface area contributed by atoms with Gasteiger partial charge in [-0.1, -0.05) is 6.07 Å². The molecule has 3 rings (SSSR count). The van der Waals surface area contributed by atoms with Gasteiger partial charge in [-0.3, -0.25) is 0 Å². The van der Waals surface area contributed by atoms with Gasteiger partial charge in [0.1, 0.15) is 11.6 Å². The summed E-state index contributed by atoms with van der Waals surface area (Å²) in [5.74, 6) is 1.16. The third-order valence-electron chi connectivity index (χ3n) is 3.63. The Kier molecular flexibility index (Phi) is 3.77. The van der Waals surface area contributed by atoms with Crippen molar-refractivity contribution in [3.63, 3.8) is 0 Å². The Morgan fingerprint density at radius 2 is 2.00 bits per heavy atom. The smallest absolute Gasteiger partial charge is 0.124 e. The molecular weight excluding hydrogens is 296 g/mol. The van der Waals surface area contributed by atoms with Crippen LogP contribution in [0.1, 0.15) is 22.6 Å². The van der Waals surface area contributed by atoms with E-state index in [0.29, 0.717) is 34.1 Å². The maximum Gasteiger partial charge on any atom is 0.124 e. The van der Waals surface area contributed by atoms with Crippen LogP contribution in [0.15, 0.2) is 30.3 Å². The minimum atomic E-state index is 0.403. The van der Waals surface area contributed by atoms with Gasteiger partial charge in [0.25, 0.3) is 0 Å². The lowest BCUT2D eigenvalue weighted by molar-refractivity contribution is 0.700. The topological polar surface area (TPSA) is 84.7 Å². The van der Waals surface area contributed by atoms with Crippen molar-refractivity contribution in [3.8, 4) is 0 Å². The van der Waals surface area contributed by atoms with Crippen molar-refractivity contribution in [2.75, 3.05) is 5.73 Å². The van der Waals surface area contributed by atoms with E-state index in [1.54, 1.807) is 18.2 Å². The molecule has 0 radical (unpaired) electrons. The molecule has 112 valence electrons. The highest BCUT2D eigenvalue weighted by atomic mass is 32.1. The molecular formula is C16H16N4OS. The molecule has 2 aromatic heterocycles. The van der Waals surface area contributed by atoms with E-state index in [1.807, 2.05) is 6.07 Å². The van der Waals surface area contributed by atoms with Gasteiger partial charge in [0.2, 0.25) is 0 Å². The van der Waals surface area contributed by atoms with Crippen LogP contribution in [0.5, 0.6) is 0 Å². The Labute approximate surface area is 131 Å². The second-order valence-corrected chi connectivity index (χ2v) is 5.93. The standard InChI is InChI=1S/C16H16N4OS/c1-9-6-12-13(7-10(9)2)20-16(19-12)8-14(22-21)11-4-3-5-15(17)18-11/h3-7H,8H2,1-2H3,(H2,17,18)(H,19,20). The Hall–Kier alpha value is -2.47. The predicted molar refractivity (Wildman–Crippen MR) is 90.2 cm³/mol. The van der Waals surface area contributed by atoms with Gasteiger partial charge >= 0.3 is 0 Å². The minimum absolute atomic E-state index is 0.403. The number of aryl methyl sites for hydroxylation is 2. The van der Waals surface area contributed by atoms with Gasteiger partial charge in [-0.2, -0.15) is 0 Å². The number of nitrogens with two attached hydrogens (primary N) is 1. The minimum Gasteiger partial charge on any atom is -0.384 e. The molecule has 0 saturated heterocycles. The molecule has 3 N–H and O–H groups in total. The Balaban J connectivity index is 1.96. The van der Waals surface area contributed by atoms with Crippen molar-refractivity contribution in [2.24, 2.45) is 0 Å². The number of aromatic amines is 1. The van der Waals surface area contributed by atoms with Crippen molar-refractivity contribution in [3.05, 3.63) is 53.0 Å². The Morgan fingerprint density at radius 1 is 1.23 bits per heavy atom. The first-order valence-corrected chi connectivity index (χ1v) is 7.65. The average Bonchev–Trinajstić information content (AvgIpc) is 2.86. The molecule has 0 aliphatic rings. The second kappa shape index (κ2) is 5.73. The van der Waals surface area contributed by atoms with Crippen LogP contribution in [-0.4, -0.2) is 24.0 Å². The molecule has 0 saturated carbocycles. The molecule has 22 heavy (non-hydrogen) atoms. The number of nitrogen functional groups attached to an aromatic ring is 1. The fourth-order valence-electron chi connectivity index (χ4n) is 2.33. The summed E-state index contributed by atoms with van der Waals surface area (Å²) in [5, 5.41) is 0. The van der Waals surface area contributed by atoms with E-state index >= 15 is 0 Å². The highest BCUT2D eigenvalue weighted by molar-refractivity contribution is 7.67. The fraction of sp³-hybridized carbons (Fsp3) is 0.188. The van der Waals surface area contributed by atoms with Gasteiger partial charge in [0.15, 0.2) is 0 Å². The Bertz CT molecular complexity index is 871. The number of nitrogens with zero attached hydrogens (tertiary/aromatic N) is 2. The predicted octanol–water partition coefficient (Wildman–Crippen LogP) is 2.13. The van der Waals surface area contributed by atoms with E-state index in [1.165, 1.54) is 11.1 Å². The molecule has 5 nitrogen and oxygen atoms in total. The highest BCUT2D eigenvalue weighted by Crippen LogP contribution is 2.18. The number of benzene rings is 1. The van der Waals surface area contributed by atoms with Gasteiger partial charge in [-0.05, 0) is 49.2 Å². The molecule has 6 heteroatoms. The molecule has 0 amide bonds. The molecule has 3 aromatic rings. The molecule has 0 atom stereocenters. The maximum atomic E-state index is 11.4. The molecule has 0 fully saturated rings. The average molecular weight is 312 g/mol. The maximum absolute atomic E-state index is 11.4. The molecule has 0 bridgehead atoms. The number of imidazole rings is 1. The summed E-state index contributed by atoms with van der Waals surface area (Å²) in [4.78, 5) is 12.6. The summed E-state index contributed by atoms with van der Waals surface area (Å²) < 4.78 is 11.4. The Morgan fingerprint density at radius 3 is 2.73 bits per heavy atom. The van der Waals surface area contributed by atoms with E-state index < -0.39 is 0 Å². The van der Waals surface area contributed by atoms with Crippen molar-refractivity contribution in [2.45, 2.75) is 20.3 Å². The SMILES string of the molecule is Cc1cc2nc(CC(=S=O)c3cccc(N)n3)[nH]c2cc1C. The summed E-state index contributed by atoms with van der Waals surface area (Å²) in [6.07, 6.45) is 0.414. The lowest BCUT2D eigenvalue weighted by atomic mass is 10.1. The third kappa shape index (κ3) is 2.78. The fourth-order valence-corrected chi connectivity index (χ4v) is 2.72. The zero-order valence-electron chi connectivity index (χ0n) is 12.4. The quantitative estimate of drug-likeness (QED) is 0.573. The van der Waals surface area contributed by atoms with Gasteiger partial charge in [-0.25, -0.2) is 14.2 Å². The normalized spacial score (nSPS) is 10.8. The van der Waals surface area contributed by atoms with Crippen molar-refractivity contribution >= 4 is 33.0 Å². The molecule has 0 unspecified atom stereocenters. The number of H-pyrrole nitrogens is 1. The zero-order valence-corrected chi connectivity index (χ0v) is 13.2.